The van der Waals surface area contributed by atoms with Crippen molar-refractivity contribution < 1.29 is 9.78 Å². The number of hydrogen-bond donors (Lipinski definition) is 0. The third kappa shape index (κ3) is 1.03. The Bertz CT molecular complexity index is 330. The molecule has 1 atom stereocenters. The van der Waals surface area contributed by atoms with E-state index in [-0.39, 0.29) is 6.10 Å². The van der Waals surface area contributed by atoms with Gasteiger partial charge in [-0.15, -0.1) is 0 Å². The molecule has 1 aromatic rings. The number of rotatable bonds is 1. The van der Waals surface area contributed by atoms with Gasteiger partial charge in [0.1, 0.15) is 6.10 Å². The van der Waals surface area contributed by atoms with Crippen LogP contribution in [0.15, 0.2) is 24.3 Å². The Hall–Kier alpha value is -1.53. The molecule has 0 N–H and O–H groups in total. The van der Waals surface area contributed by atoms with Crippen molar-refractivity contribution in [2.75, 3.05) is 0 Å². The lowest BCUT2D eigenvalue weighted by atomic mass is 10.1. The van der Waals surface area contributed by atoms with Crippen LogP contribution in [0.2, 0.25) is 0 Å². The van der Waals surface area contributed by atoms with Gasteiger partial charge in [0.2, 0.25) is 0 Å². The average molecular weight is 161 g/mol. The maximum Gasteiger partial charge on any atom is 0.171 e. The summed E-state index contributed by atoms with van der Waals surface area (Å²) >= 11 is 0. The molecular weight excluding hydrogens is 154 g/mol. The Balaban J connectivity index is 2.31. The van der Waals surface area contributed by atoms with Gasteiger partial charge in [0.15, 0.2) is 5.75 Å². The maximum atomic E-state index is 8.47. The maximum absolute atomic E-state index is 8.47. The van der Waals surface area contributed by atoms with Crippen LogP contribution in [0.1, 0.15) is 18.1 Å². The summed E-state index contributed by atoms with van der Waals surface area (Å²) < 4.78 is 0. The highest BCUT2D eigenvalue weighted by Gasteiger charge is 2.24. The van der Waals surface area contributed by atoms with Crippen molar-refractivity contribution in [3.05, 3.63) is 29.8 Å². The monoisotopic (exact) mass is 161 g/mol. The van der Waals surface area contributed by atoms with Gasteiger partial charge < -0.3 is 4.89 Å². The number of nitriles is 1. The van der Waals surface area contributed by atoms with Crippen LogP contribution >= 0.6 is 0 Å². The van der Waals surface area contributed by atoms with Crippen molar-refractivity contribution in [2.24, 2.45) is 0 Å². The Morgan fingerprint density at radius 1 is 1.42 bits per heavy atom. The molecular formula is C9H7NO2. The molecule has 2 rings (SSSR count). The lowest BCUT2D eigenvalue weighted by Gasteiger charge is -1.99. The minimum absolute atomic E-state index is 0.216. The zero-order valence-electron chi connectivity index (χ0n) is 6.36. The van der Waals surface area contributed by atoms with Gasteiger partial charge in [-0.1, -0.05) is 18.2 Å². The van der Waals surface area contributed by atoms with Crippen LogP contribution in [0.3, 0.4) is 0 Å². The normalized spacial score (nSPS) is 19.4. The summed E-state index contributed by atoms with van der Waals surface area (Å²) in [6.07, 6.45) is 0.114. The highest BCUT2D eigenvalue weighted by Crippen LogP contribution is 2.35. The Morgan fingerprint density at radius 3 is 3.08 bits per heavy atom. The summed E-state index contributed by atoms with van der Waals surface area (Å²) in [5.41, 5.74) is 0.957. The van der Waals surface area contributed by atoms with Crippen molar-refractivity contribution in [3.63, 3.8) is 0 Å². The molecule has 60 valence electrons. The molecule has 3 nitrogen and oxygen atoms in total. The van der Waals surface area contributed by atoms with Crippen molar-refractivity contribution in [3.8, 4) is 11.8 Å². The third-order valence-electron chi connectivity index (χ3n) is 1.80. The molecule has 0 radical (unpaired) electrons. The van der Waals surface area contributed by atoms with E-state index in [1.54, 1.807) is 0 Å². The van der Waals surface area contributed by atoms with Crippen molar-refractivity contribution in [1.29, 1.82) is 5.26 Å². The largest absolute Gasteiger partial charge is 0.336 e. The first-order valence-electron chi connectivity index (χ1n) is 3.71. The van der Waals surface area contributed by atoms with Crippen LogP contribution < -0.4 is 4.89 Å². The summed E-state index contributed by atoms with van der Waals surface area (Å²) in [5, 5.41) is 8.47. The molecule has 1 aliphatic heterocycles. The van der Waals surface area contributed by atoms with Gasteiger partial charge in [-0.3, -0.25) is 0 Å². The van der Waals surface area contributed by atoms with E-state index in [2.05, 4.69) is 0 Å². The number of nitrogens with zero attached hydrogens (tertiary/aromatic N) is 1. The summed E-state index contributed by atoms with van der Waals surface area (Å²) in [6, 6.07) is 9.55. The molecule has 3 heteroatoms. The van der Waals surface area contributed by atoms with Gasteiger partial charge in [-0.05, 0) is 6.07 Å². The minimum atomic E-state index is -0.216. The van der Waals surface area contributed by atoms with E-state index in [0.29, 0.717) is 6.42 Å². The molecule has 0 fully saturated rings. The predicted octanol–water partition coefficient (Wildman–Crippen LogP) is 1.97. The van der Waals surface area contributed by atoms with E-state index in [9.17, 15) is 0 Å². The molecule has 12 heavy (non-hydrogen) atoms. The molecule has 0 bridgehead atoms. The Labute approximate surface area is 70.1 Å². The fourth-order valence-electron chi connectivity index (χ4n) is 1.21. The molecule has 1 heterocycles. The van der Waals surface area contributed by atoms with Gasteiger partial charge in [-0.2, -0.15) is 10.1 Å². The smallest absolute Gasteiger partial charge is 0.171 e. The lowest BCUT2D eigenvalue weighted by Crippen LogP contribution is -1.94. The molecule has 0 aromatic heterocycles. The molecule has 0 saturated heterocycles. The second-order valence-corrected chi connectivity index (χ2v) is 2.57. The van der Waals surface area contributed by atoms with Crippen LogP contribution in [0.25, 0.3) is 0 Å². The van der Waals surface area contributed by atoms with Gasteiger partial charge in [-0.25, -0.2) is 0 Å². The van der Waals surface area contributed by atoms with Gasteiger partial charge >= 0.3 is 0 Å². The third-order valence-corrected chi connectivity index (χ3v) is 1.80. The van der Waals surface area contributed by atoms with E-state index < -0.39 is 0 Å². The van der Waals surface area contributed by atoms with Gasteiger partial charge in [0.05, 0.1) is 12.5 Å². The number of fused-ring (bicyclic) bond motifs is 1. The zero-order chi connectivity index (χ0) is 8.39. The highest BCUT2D eigenvalue weighted by atomic mass is 17.2. The summed E-state index contributed by atoms with van der Waals surface area (Å²) in [6.45, 7) is 0. The molecule has 0 saturated carbocycles. The minimum Gasteiger partial charge on any atom is -0.336 e. The molecule has 1 aromatic carbocycles. The lowest BCUT2D eigenvalue weighted by molar-refractivity contribution is -0.222. The van der Waals surface area contributed by atoms with Gasteiger partial charge in [0.25, 0.3) is 0 Å². The second kappa shape index (κ2) is 2.84. The van der Waals surface area contributed by atoms with Crippen LogP contribution in [0, 0.1) is 11.3 Å². The van der Waals surface area contributed by atoms with Gasteiger partial charge in [0, 0.05) is 5.56 Å². The highest BCUT2D eigenvalue weighted by molar-refractivity contribution is 5.36. The SMILES string of the molecule is N#CCC1OOc2ccccc21. The summed E-state index contributed by atoms with van der Waals surface area (Å²) in [7, 11) is 0. The van der Waals surface area contributed by atoms with E-state index in [1.807, 2.05) is 30.3 Å². The molecule has 1 aliphatic rings. The first-order chi connectivity index (χ1) is 5.92. The number of para-hydroxylation sites is 1. The van der Waals surface area contributed by atoms with E-state index in [0.717, 1.165) is 11.3 Å². The number of hydrogen-bond acceptors (Lipinski definition) is 3. The summed E-state index contributed by atoms with van der Waals surface area (Å²) in [4.78, 5) is 9.85. The Kier molecular flexibility index (Phi) is 1.69. The first kappa shape index (κ1) is 7.14. The fraction of sp³-hybridized carbons (Fsp3) is 0.222. The molecule has 0 aliphatic carbocycles. The van der Waals surface area contributed by atoms with Crippen molar-refractivity contribution in [2.45, 2.75) is 12.5 Å². The fourth-order valence-corrected chi connectivity index (χ4v) is 1.21. The van der Waals surface area contributed by atoms with Crippen LogP contribution in [-0.4, -0.2) is 0 Å². The summed E-state index contributed by atoms with van der Waals surface area (Å²) in [5.74, 6) is 0.720. The van der Waals surface area contributed by atoms with Crippen LogP contribution in [0.5, 0.6) is 5.75 Å². The Morgan fingerprint density at radius 2 is 2.25 bits per heavy atom. The second-order valence-electron chi connectivity index (χ2n) is 2.57. The van der Waals surface area contributed by atoms with Crippen molar-refractivity contribution >= 4 is 0 Å². The van der Waals surface area contributed by atoms with E-state index in [1.165, 1.54) is 0 Å². The van der Waals surface area contributed by atoms with E-state index in [4.69, 9.17) is 15.0 Å². The number of benzene rings is 1. The quantitative estimate of drug-likeness (QED) is 0.591. The molecule has 0 spiro atoms. The topological polar surface area (TPSA) is 42.2 Å². The average Bonchev–Trinajstić information content (AvgIpc) is 2.50. The van der Waals surface area contributed by atoms with Crippen LogP contribution in [0.4, 0.5) is 0 Å². The standard InChI is InChI=1S/C9H7NO2/c10-6-5-9-7-3-1-2-4-8(7)11-12-9/h1-4,9H,5H2. The van der Waals surface area contributed by atoms with Crippen molar-refractivity contribution in [1.82, 2.24) is 0 Å². The van der Waals surface area contributed by atoms with E-state index >= 15 is 0 Å². The molecule has 0 amide bonds. The van der Waals surface area contributed by atoms with Crippen LogP contribution in [-0.2, 0) is 4.89 Å². The zero-order valence-corrected chi connectivity index (χ0v) is 6.36. The first-order valence-corrected chi connectivity index (χ1v) is 3.71. The predicted molar refractivity (Wildman–Crippen MR) is 41.1 cm³/mol. The molecule has 1 unspecified atom stereocenters.